The fourth-order valence-electron chi connectivity index (χ4n) is 4.08. The first-order valence-electron chi connectivity index (χ1n) is 9.85. The van der Waals surface area contributed by atoms with Gasteiger partial charge in [-0.2, -0.15) is 4.39 Å². The lowest BCUT2D eigenvalue weighted by Gasteiger charge is -2.11. The van der Waals surface area contributed by atoms with Crippen LogP contribution in [0.25, 0.3) is 33.0 Å². The third-order valence-corrected chi connectivity index (χ3v) is 5.53. The second-order valence-corrected chi connectivity index (χ2v) is 7.48. The summed E-state index contributed by atoms with van der Waals surface area (Å²) in [6, 6.07) is 6.52. The quantitative estimate of drug-likeness (QED) is 0.341. The van der Waals surface area contributed by atoms with Gasteiger partial charge in [0, 0.05) is 23.5 Å². The first kappa shape index (κ1) is 21.1. The monoisotopic (exact) mass is 464 g/mol. The zero-order valence-electron chi connectivity index (χ0n) is 17.1. The number of fused-ring (bicyclic) bond motifs is 3. The van der Waals surface area contributed by atoms with Gasteiger partial charge in [0.25, 0.3) is 5.56 Å². The zero-order valence-corrected chi connectivity index (χ0v) is 17.1. The Kier molecular flexibility index (Phi) is 4.74. The molecule has 0 unspecified atom stereocenters. The maximum atomic E-state index is 14.9. The molecule has 0 fully saturated rings. The molecule has 9 nitrogen and oxygen atoms in total. The van der Waals surface area contributed by atoms with E-state index in [1.807, 2.05) is 0 Å². The van der Waals surface area contributed by atoms with E-state index < -0.39 is 41.4 Å². The predicted molar refractivity (Wildman–Crippen MR) is 116 cm³/mol. The molecule has 170 valence electrons. The summed E-state index contributed by atoms with van der Waals surface area (Å²) >= 11 is 0. The van der Waals surface area contributed by atoms with E-state index in [-0.39, 0.29) is 44.1 Å². The predicted octanol–water partition coefficient (Wildman–Crippen LogP) is 3.26. The lowest BCUT2D eigenvalue weighted by atomic mass is 10.0. The first-order chi connectivity index (χ1) is 16.3. The van der Waals surface area contributed by atoms with Crippen molar-refractivity contribution in [1.82, 2.24) is 14.5 Å². The van der Waals surface area contributed by atoms with Gasteiger partial charge < -0.3 is 24.8 Å². The summed E-state index contributed by atoms with van der Waals surface area (Å²) in [6.07, 6.45) is 3.57. The Hall–Kier alpha value is -4.80. The Balaban J connectivity index is 1.92. The van der Waals surface area contributed by atoms with Gasteiger partial charge in [-0.25, -0.2) is 14.2 Å². The second kappa shape index (κ2) is 7.66. The maximum Gasteiger partial charge on any atom is 0.353 e. The first-order valence-corrected chi connectivity index (χ1v) is 9.85. The zero-order chi connectivity index (χ0) is 24.1. The molecule has 0 bridgehead atoms. The Bertz CT molecular complexity index is 1700. The van der Waals surface area contributed by atoms with Crippen molar-refractivity contribution in [1.29, 1.82) is 0 Å². The molecule has 34 heavy (non-hydrogen) atoms. The highest BCUT2D eigenvalue weighted by atomic mass is 19.1. The number of amides is 1. The number of hydrogen-bond donors (Lipinski definition) is 3. The molecule has 0 radical (unpaired) electrons. The van der Waals surface area contributed by atoms with Gasteiger partial charge in [0.2, 0.25) is 11.9 Å². The van der Waals surface area contributed by atoms with Crippen LogP contribution in [0.5, 0.6) is 0 Å². The van der Waals surface area contributed by atoms with Crippen molar-refractivity contribution in [3.63, 3.8) is 0 Å². The number of rotatable bonds is 5. The number of carboxylic acids is 1. The number of nitrogens with zero attached hydrogens (tertiary/aromatic N) is 2. The fraction of sp³-hybridized carbons (Fsp3) is 0.0435. The molecule has 0 saturated heterocycles. The van der Waals surface area contributed by atoms with Gasteiger partial charge in [0.15, 0.2) is 0 Å². The van der Waals surface area contributed by atoms with Gasteiger partial charge in [0.05, 0.1) is 40.2 Å². The number of pyridine rings is 2. The van der Waals surface area contributed by atoms with Crippen LogP contribution in [0.2, 0.25) is 0 Å². The van der Waals surface area contributed by atoms with Crippen LogP contribution in [0.1, 0.15) is 26.4 Å². The van der Waals surface area contributed by atoms with Crippen LogP contribution in [0.4, 0.5) is 8.78 Å². The van der Waals surface area contributed by atoms with Crippen LogP contribution >= 0.6 is 0 Å². The Morgan fingerprint density at radius 2 is 2.03 bits per heavy atom. The molecule has 1 aromatic carbocycles. The van der Waals surface area contributed by atoms with Crippen molar-refractivity contribution in [2.24, 2.45) is 5.73 Å². The van der Waals surface area contributed by atoms with Crippen LogP contribution in [0.15, 0.2) is 58.2 Å². The van der Waals surface area contributed by atoms with E-state index in [0.29, 0.717) is 0 Å². The molecule has 0 aliphatic carbocycles. The normalized spacial score (nSPS) is 11.4. The Morgan fingerprint density at radius 1 is 1.24 bits per heavy atom. The molecule has 0 spiro atoms. The van der Waals surface area contributed by atoms with Crippen LogP contribution in [-0.2, 0) is 6.54 Å². The number of carboxylic acid groups (broad SMARTS) is 1. The van der Waals surface area contributed by atoms with E-state index in [1.165, 1.54) is 30.7 Å². The minimum absolute atomic E-state index is 0.00237. The standard InChI is InChI=1S/C23H14F2N4O5/c24-14-7-15-17(19-12(14)3-5-34-19)16(13-2-1-4-27-22(13)31)18(23(32)33)29(15)9-11-6-10(21(26)30)8-28-20(11)25/h1-8H,9H2,(H2,26,30)(H,27,31)(H,32,33). The summed E-state index contributed by atoms with van der Waals surface area (Å²) in [7, 11) is 0. The highest BCUT2D eigenvalue weighted by molar-refractivity contribution is 6.17. The van der Waals surface area contributed by atoms with Crippen molar-refractivity contribution in [3.8, 4) is 11.1 Å². The van der Waals surface area contributed by atoms with Crippen molar-refractivity contribution in [3.05, 3.63) is 87.9 Å². The average molecular weight is 464 g/mol. The second-order valence-electron chi connectivity index (χ2n) is 7.48. The lowest BCUT2D eigenvalue weighted by Crippen LogP contribution is -2.16. The van der Waals surface area contributed by atoms with Gasteiger partial charge in [-0.05, 0) is 30.3 Å². The smallest absolute Gasteiger partial charge is 0.353 e. The minimum atomic E-state index is -1.45. The molecule has 4 aromatic heterocycles. The van der Waals surface area contributed by atoms with Crippen LogP contribution in [0.3, 0.4) is 0 Å². The van der Waals surface area contributed by atoms with Crippen LogP contribution in [0, 0.1) is 11.8 Å². The minimum Gasteiger partial charge on any atom is -0.477 e. The highest BCUT2D eigenvalue weighted by Crippen LogP contribution is 2.40. The van der Waals surface area contributed by atoms with Crippen LogP contribution in [-0.4, -0.2) is 31.5 Å². The molecule has 5 rings (SSSR count). The van der Waals surface area contributed by atoms with Crippen molar-refractivity contribution >= 4 is 33.7 Å². The number of nitrogens with two attached hydrogens (primary N) is 1. The summed E-state index contributed by atoms with van der Waals surface area (Å²) in [5.74, 6) is -3.98. The third-order valence-electron chi connectivity index (χ3n) is 5.53. The van der Waals surface area contributed by atoms with E-state index >= 15 is 0 Å². The molecule has 0 saturated carbocycles. The number of aromatic carboxylic acids is 1. The van der Waals surface area contributed by atoms with E-state index in [9.17, 15) is 28.3 Å². The number of carbonyl (C=O) groups is 2. The summed E-state index contributed by atoms with van der Waals surface area (Å²) < 4.78 is 36.1. The largest absolute Gasteiger partial charge is 0.477 e. The van der Waals surface area contributed by atoms with Gasteiger partial charge in [-0.3, -0.25) is 9.59 Å². The summed E-state index contributed by atoms with van der Waals surface area (Å²) in [5.41, 5.74) is 4.05. The molecule has 0 atom stereocenters. The number of furan rings is 1. The van der Waals surface area contributed by atoms with Gasteiger partial charge in [0.1, 0.15) is 17.1 Å². The number of halogens is 2. The highest BCUT2D eigenvalue weighted by Gasteiger charge is 2.29. The molecule has 5 aromatic rings. The van der Waals surface area contributed by atoms with Crippen molar-refractivity contribution < 1.29 is 27.9 Å². The Labute approximate surface area is 188 Å². The number of aromatic amines is 1. The van der Waals surface area contributed by atoms with Crippen LogP contribution < -0.4 is 11.3 Å². The maximum absolute atomic E-state index is 14.9. The molecule has 11 heteroatoms. The number of benzene rings is 1. The number of H-pyrrole nitrogens is 1. The molecular formula is C23H14F2N4O5. The lowest BCUT2D eigenvalue weighted by molar-refractivity contribution is 0.0686. The topological polar surface area (TPSA) is 144 Å². The fourth-order valence-corrected chi connectivity index (χ4v) is 4.08. The summed E-state index contributed by atoms with van der Waals surface area (Å²) in [4.78, 5) is 42.7. The molecule has 4 N–H and O–H groups in total. The summed E-state index contributed by atoms with van der Waals surface area (Å²) in [6.45, 7) is -0.450. The SMILES string of the molecule is NC(=O)c1cnc(F)c(Cn2c(C(=O)O)c(-c3ccc[nH]c3=O)c3c4occc4c(F)cc32)c1. The Morgan fingerprint density at radius 3 is 2.74 bits per heavy atom. The number of hydrogen-bond acceptors (Lipinski definition) is 5. The van der Waals surface area contributed by atoms with Gasteiger partial charge >= 0.3 is 5.97 Å². The van der Waals surface area contributed by atoms with E-state index in [4.69, 9.17) is 10.2 Å². The molecule has 4 heterocycles. The molecule has 0 aliphatic rings. The van der Waals surface area contributed by atoms with E-state index in [0.717, 1.165) is 22.9 Å². The number of primary amides is 1. The third kappa shape index (κ3) is 3.13. The van der Waals surface area contributed by atoms with Crippen molar-refractivity contribution in [2.75, 3.05) is 0 Å². The van der Waals surface area contributed by atoms with Crippen molar-refractivity contribution in [2.45, 2.75) is 6.54 Å². The average Bonchev–Trinajstić information content (AvgIpc) is 3.39. The van der Waals surface area contributed by atoms with Gasteiger partial charge in [-0.1, -0.05) is 0 Å². The molecular weight excluding hydrogens is 450 g/mol. The summed E-state index contributed by atoms with van der Waals surface area (Å²) in [5, 5.41) is 10.4. The van der Waals surface area contributed by atoms with E-state index in [2.05, 4.69) is 9.97 Å². The van der Waals surface area contributed by atoms with Gasteiger partial charge in [-0.15, -0.1) is 0 Å². The number of nitrogens with one attached hydrogen (secondary N) is 1. The number of aromatic nitrogens is 3. The molecule has 0 aliphatic heterocycles. The number of carbonyl (C=O) groups excluding carboxylic acids is 1. The molecule has 1 amide bonds. The van der Waals surface area contributed by atoms with E-state index in [1.54, 1.807) is 0 Å².